The average molecular weight is 398 g/mol. The van der Waals surface area contributed by atoms with Crippen LogP contribution < -0.4 is 5.56 Å². The summed E-state index contributed by atoms with van der Waals surface area (Å²) in [7, 11) is 0. The zero-order valence-corrected chi connectivity index (χ0v) is 17.3. The number of aromatic nitrogens is 3. The van der Waals surface area contributed by atoms with Crippen LogP contribution in [0.5, 0.6) is 0 Å². The van der Waals surface area contributed by atoms with Gasteiger partial charge in [-0.25, -0.2) is 4.98 Å². The summed E-state index contributed by atoms with van der Waals surface area (Å²) in [4.78, 5) is 24.6. The van der Waals surface area contributed by atoms with Crippen LogP contribution >= 0.6 is 23.1 Å². The zero-order chi connectivity index (χ0) is 19.0. The van der Waals surface area contributed by atoms with E-state index in [1.165, 1.54) is 16.0 Å². The Bertz CT molecular complexity index is 1040. The van der Waals surface area contributed by atoms with Crippen molar-refractivity contribution in [2.45, 2.75) is 50.1 Å². The Morgan fingerprint density at radius 3 is 2.96 bits per heavy atom. The van der Waals surface area contributed by atoms with Crippen LogP contribution in [0.3, 0.4) is 0 Å². The number of allylic oxidation sites excluding steroid dienone is 1. The number of hydrogen-bond acceptors (Lipinski definition) is 5. The van der Waals surface area contributed by atoms with Gasteiger partial charge in [0, 0.05) is 29.1 Å². The van der Waals surface area contributed by atoms with Crippen LogP contribution in [0.4, 0.5) is 0 Å². The van der Waals surface area contributed by atoms with Gasteiger partial charge in [0.1, 0.15) is 4.83 Å². The Hall–Kier alpha value is -1.92. The van der Waals surface area contributed by atoms with Gasteiger partial charge in [-0.15, -0.1) is 17.9 Å². The molecule has 0 amide bonds. The lowest BCUT2D eigenvalue weighted by Crippen LogP contribution is -2.23. The predicted molar refractivity (Wildman–Crippen MR) is 114 cm³/mol. The molecular formula is C21H23N3OS2. The minimum Gasteiger partial charge on any atom is -0.283 e. The number of hydrogen-bond donors (Lipinski definition) is 0. The van der Waals surface area contributed by atoms with E-state index in [0.717, 1.165) is 34.6 Å². The number of fused-ring (bicyclic) bond motifs is 3. The summed E-state index contributed by atoms with van der Waals surface area (Å²) in [5, 5.41) is 1.79. The first-order valence-electron chi connectivity index (χ1n) is 9.31. The number of rotatable bonds is 5. The highest BCUT2D eigenvalue weighted by atomic mass is 32.2. The molecule has 0 radical (unpaired) electrons. The molecule has 6 heteroatoms. The van der Waals surface area contributed by atoms with E-state index in [1.54, 1.807) is 46.1 Å². The number of nitrogens with zero attached hydrogens (tertiary/aromatic N) is 3. The van der Waals surface area contributed by atoms with Gasteiger partial charge in [0.25, 0.3) is 5.56 Å². The zero-order valence-electron chi connectivity index (χ0n) is 15.6. The Morgan fingerprint density at radius 1 is 1.44 bits per heavy atom. The molecule has 2 atom stereocenters. The average Bonchev–Trinajstić information content (AvgIpc) is 3.02. The SMILES string of the molecule is C=CCn1c(SC(C)c2ccncc2)nc2sc3c(c2c1=O)CCC(C)C3. The fraction of sp³-hybridized carbons (Fsp3) is 0.381. The summed E-state index contributed by atoms with van der Waals surface area (Å²) in [5.74, 6) is 0.682. The molecule has 0 saturated heterocycles. The van der Waals surface area contributed by atoms with Crippen molar-refractivity contribution in [1.82, 2.24) is 14.5 Å². The molecule has 0 saturated carbocycles. The van der Waals surface area contributed by atoms with Crippen LogP contribution in [-0.2, 0) is 19.4 Å². The third kappa shape index (κ3) is 3.48. The van der Waals surface area contributed by atoms with E-state index in [2.05, 4.69) is 25.4 Å². The van der Waals surface area contributed by atoms with Crippen molar-refractivity contribution in [3.8, 4) is 0 Å². The summed E-state index contributed by atoms with van der Waals surface area (Å²) < 4.78 is 1.78. The molecule has 1 aliphatic rings. The van der Waals surface area contributed by atoms with Crippen LogP contribution in [0, 0.1) is 5.92 Å². The van der Waals surface area contributed by atoms with Crippen molar-refractivity contribution in [3.05, 3.63) is 63.5 Å². The fourth-order valence-electron chi connectivity index (χ4n) is 3.65. The van der Waals surface area contributed by atoms with Crippen molar-refractivity contribution in [3.63, 3.8) is 0 Å². The third-order valence-electron chi connectivity index (χ3n) is 5.15. The van der Waals surface area contributed by atoms with Crippen molar-refractivity contribution >= 4 is 33.3 Å². The molecule has 0 aliphatic heterocycles. The maximum absolute atomic E-state index is 13.3. The van der Waals surface area contributed by atoms with Crippen molar-refractivity contribution in [2.75, 3.05) is 0 Å². The van der Waals surface area contributed by atoms with Gasteiger partial charge < -0.3 is 0 Å². The largest absolute Gasteiger partial charge is 0.283 e. The van der Waals surface area contributed by atoms with E-state index in [4.69, 9.17) is 4.98 Å². The Morgan fingerprint density at radius 2 is 2.22 bits per heavy atom. The summed E-state index contributed by atoms with van der Waals surface area (Å²) in [6.45, 7) is 8.74. The molecule has 0 bridgehead atoms. The molecule has 0 spiro atoms. The molecule has 3 aromatic heterocycles. The van der Waals surface area contributed by atoms with Crippen molar-refractivity contribution in [1.29, 1.82) is 0 Å². The number of thioether (sulfide) groups is 1. The van der Waals surface area contributed by atoms with Gasteiger partial charge in [-0.05, 0) is 55.4 Å². The minimum atomic E-state index is 0.0800. The maximum Gasteiger partial charge on any atom is 0.263 e. The summed E-state index contributed by atoms with van der Waals surface area (Å²) in [6, 6.07) is 4.02. The normalized spacial score (nSPS) is 17.6. The molecule has 0 aromatic carbocycles. The van der Waals surface area contributed by atoms with Crippen molar-refractivity contribution < 1.29 is 0 Å². The standard InChI is InChI=1S/C21H23N3OS2/c1-4-11-24-20(25)18-16-6-5-13(2)12-17(16)27-19(18)23-21(24)26-14(3)15-7-9-22-10-8-15/h4,7-10,13-14H,1,5-6,11-12H2,2-3H3. The highest BCUT2D eigenvalue weighted by Crippen LogP contribution is 2.38. The van der Waals surface area contributed by atoms with E-state index < -0.39 is 0 Å². The predicted octanol–water partition coefficient (Wildman–Crippen LogP) is 5.02. The van der Waals surface area contributed by atoms with Crippen LogP contribution in [-0.4, -0.2) is 14.5 Å². The van der Waals surface area contributed by atoms with E-state index in [1.807, 2.05) is 12.1 Å². The van der Waals surface area contributed by atoms with E-state index in [0.29, 0.717) is 12.5 Å². The van der Waals surface area contributed by atoms with Gasteiger partial charge in [0.05, 0.1) is 5.39 Å². The Balaban J connectivity index is 1.81. The van der Waals surface area contributed by atoms with E-state index in [-0.39, 0.29) is 10.8 Å². The quantitative estimate of drug-likeness (QED) is 0.345. The molecule has 4 rings (SSSR count). The second-order valence-electron chi connectivity index (χ2n) is 7.17. The molecule has 3 aromatic rings. The third-order valence-corrected chi connectivity index (χ3v) is 7.45. The van der Waals surface area contributed by atoms with Crippen LogP contribution in [0.2, 0.25) is 0 Å². The Kier molecular flexibility index (Phi) is 5.19. The highest BCUT2D eigenvalue weighted by Gasteiger charge is 2.25. The van der Waals surface area contributed by atoms with Crippen LogP contribution in [0.15, 0.2) is 47.1 Å². The molecule has 2 unspecified atom stereocenters. The van der Waals surface area contributed by atoms with Gasteiger partial charge in [0.2, 0.25) is 0 Å². The number of aryl methyl sites for hydroxylation is 1. The van der Waals surface area contributed by atoms with Crippen LogP contribution in [0.1, 0.15) is 41.5 Å². The molecule has 3 heterocycles. The highest BCUT2D eigenvalue weighted by molar-refractivity contribution is 7.99. The van der Waals surface area contributed by atoms with Crippen molar-refractivity contribution in [2.24, 2.45) is 5.92 Å². The van der Waals surface area contributed by atoms with Gasteiger partial charge in [0.15, 0.2) is 5.16 Å². The molecule has 0 N–H and O–H groups in total. The number of thiophene rings is 1. The monoisotopic (exact) mass is 397 g/mol. The van der Waals surface area contributed by atoms with Gasteiger partial charge in [-0.3, -0.25) is 14.3 Å². The molecule has 27 heavy (non-hydrogen) atoms. The summed E-state index contributed by atoms with van der Waals surface area (Å²) >= 11 is 3.33. The topological polar surface area (TPSA) is 47.8 Å². The fourth-order valence-corrected chi connectivity index (χ4v) is 6.11. The van der Waals surface area contributed by atoms with E-state index >= 15 is 0 Å². The molecule has 4 nitrogen and oxygen atoms in total. The molecule has 140 valence electrons. The Labute approximate surface area is 167 Å². The first kappa shape index (κ1) is 18.4. The summed E-state index contributed by atoms with van der Waals surface area (Å²) in [5.41, 5.74) is 2.49. The maximum atomic E-state index is 13.3. The first-order chi connectivity index (χ1) is 13.1. The molecular weight excluding hydrogens is 374 g/mol. The second-order valence-corrected chi connectivity index (χ2v) is 9.56. The second kappa shape index (κ2) is 7.60. The lowest BCUT2D eigenvalue weighted by atomic mass is 9.89. The van der Waals surface area contributed by atoms with Crippen LogP contribution in [0.25, 0.3) is 10.2 Å². The molecule has 0 fully saturated rings. The smallest absolute Gasteiger partial charge is 0.263 e. The van der Waals surface area contributed by atoms with Gasteiger partial charge >= 0.3 is 0 Å². The summed E-state index contributed by atoms with van der Waals surface area (Å²) in [6.07, 6.45) is 8.57. The first-order valence-corrected chi connectivity index (χ1v) is 11.0. The minimum absolute atomic E-state index is 0.0800. The lowest BCUT2D eigenvalue weighted by molar-refractivity contribution is 0.509. The molecule has 1 aliphatic carbocycles. The van der Waals surface area contributed by atoms with Gasteiger partial charge in [-0.2, -0.15) is 0 Å². The number of pyridine rings is 1. The lowest BCUT2D eigenvalue weighted by Gasteiger charge is -2.18. The van der Waals surface area contributed by atoms with Gasteiger partial charge in [-0.1, -0.05) is 24.8 Å². The van der Waals surface area contributed by atoms with E-state index in [9.17, 15) is 4.79 Å².